The van der Waals surface area contributed by atoms with Gasteiger partial charge in [-0.2, -0.15) is 0 Å². The minimum Gasteiger partial charge on any atom is -0.481 e. The van der Waals surface area contributed by atoms with E-state index in [9.17, 15) is 9.59 Å². The van der Waals surface area contributed by atoms with E-state index < -0.39 is 5.97 Å². The van der Waals surface area contributed by atoms with Crippen LogP contribution in [-0.4, -0.2) is 23.5 Å². The van der Waals surface area contributed by atoms with Gasteiger partial charge in [0, 0.05) is 19.4 Å². The molecule has 4 nitrogen and oxygen atoms in total. The van der Waals surface area contributed by atoms with Crippen LogP contribution in [0.3, 0.4) is 0 Å². The smallest absolute Gasteiger partial charge is 0.303 e. The van der Waals surface area contributed by atoms with E-state index in [1.165, 1.54) is 70.6 Å². The fourth-order valence-corrected chi connectivity index (χ4v) is 3.09. The number of carboxylic acid groups (broad SMARTS) is 1. The third-order valence-corrected chi connectivity index (χ3v) is 4.75. The zero-order valence-corrected chi connectivity index (χ0v) is 17.4. The molecule has 0 aliphatic carbocycles. The Bertz CT molecular complexity index is 342. The van der Waals surface area contributed by atoms with Crippen LogP contribution in [-0.2, 0) is 9.59 Å². The largest absolute Gasteiger partial charge is 0.481 e. The summed E-state index contributed by atoms with van der Waals surface area (Å²) in [6, 6.07) is 0. The average molecular weight is 370 g/mol. The van der Waals surface area contributed by atoms with Crippen LogP contribution in [0.2, 0.25) is 0 Å². The standard InChI is InChI=1S/C22H43NO3/c1-20(2)19-23-21(24)17-15-13-11-9-7-5-3-4-6-8-10-12-14-16-18-22(25)26/h20H,3-19H2,1-2H3,(H,23,24)(H,25,26). The van der Waals surface area contributed by atoms with Crippen LogP contribution in [0.5, 0.6) is 0 Å². The monoisotopic (exact) mass is 369 g/mol. The Morgan fingerprint density at radius 2 is 1.00 bits per heavy atom. The Kier molecular flexibility index (Phi) is 18.0. The maximum Gasteiger partial charge on any atom is 0.303 e. The lowest BCUT2D eigenvalue weighted by Gasteiger charge is -2.07. The normalized spacial score (nSPS) is 11.0. The van der Waals surface area contributed by atoms with Gasteiger partial charge in [-0.15, -0.1) is 0 Å². The predicted octanol–water partition coefficient (Wildman–Crippen LogP) is 6.08. The zero-order valence-electron chi connectivity index (χ0n) is 17.4. The second-order valence-corrected chi connectivity index (χ2v) is 8.04. The maximum absolute atomic E-state index is 11.6. The average Bonchev–Trinajstić information content (AvgIpc) is 2.59. The molecule has 0 aromatic rings. The predicted molar refractivity (Wildman–Crippen MR) is 109 cm³/mol. The first-order chi connectivity index (χ1) is 12.5. The van der Waals surface area contributed by atoms with Gasteiger partial charge in [-0.1, -0.05) is 90.9 Å². The van der Waals surface area contributed by atoms with Crippen molar-refractivity contribution in [3.05, 3.63) is 0 Å². The van der Waals surface area contributed by atoms with Gasteiger partial charge in [-0.05, 0) is 18.8 Å². The molecule has 0 fully saturated rings. The van der Waals surface area contributed by atoms with Crippen molar-refractivity contribution in [2.24, 2.45) is 5.92 Å². The van der Waals surface area contributed by atoms with Crippen LogP contribution in [0, 0.1) is 5.92 Å². The van der Waals surface area contributed by atoms with Crippen LogP contribution in [0.1, 0.15) is 117 Å². The molecule has 1 amide bonds. The van der Waals surface area contributed by atoms with Crippen molar-refractivity contribution in [3.8, 4) is 0 Å². The molecule has 0 radical (unpaired) electrons. The quantitative estimate of drug-likeness (QED) is 0.271. The summed E-state index contributed by atoms with van der Waals surface area (Å²) < 4.78 is 0. The van der Waals surface area contributed by atoms with Crippen molar-refractivity contribution in [1.29, 1.82) is 0 Å². The first kappa shape index (κ1) is 24.9. The SMILES string of the molecule is CC(C)CNC(=O)CCCCCCCCCCCCCCCCC(=O)O. The lowest BCUT2D eigenvalue weighted by molar-refractivity contribution is -0.137. The van der Waals surface area contributed by atoms with Gasteiger partial charge in [0.1, 0.15) is 0 Å². The summed E-state index contributed by atoms with van der Waals surface area (Å²) in [6.45, 7) is 5.03. The Morgan fingerprint density at radius 3 is 1.35 bits per heavy atom. The van der Waals surface area contributed by atoms with Crippen LogP contribution < -0.4 is 5.32 Å². The fraction of sp³-hybridized carbons (Fsp3) is 0.909. The molecule has 0 spiro atoms. The second-order valence-electron chi connectivity index (χ2n) is 8.04. The molecule has 0 unspecified atom stereocenters. The van der Waals surface area contributed by atoms with E-state index in [1.807, 2.05) is 0 Å². The molecule has 0 heterocycles. The third-order valence-electron chi connectivity index (χ3n) is 4.75. The lowest BCUT2D eigenvalue weighted by atomic mass is 10.0. The van der Waals surface area contributed by atoms with Gasteiger partial charge in [0.05, 0.1) is 0 Å². The number of carboxylic acids is 1. The molecule has 0 aromatic heterocycles. The Morgan fingerprint density at radius 1 is 0.654 bits per heavy atom. The van der Waals surface area contributed by atoms with E-state index in [-0.39, 0.29) is 5.91 Å². The number of amides is 1. The molecule has 26 heavy (non-hydrogen) atoms. The fourth-order valence-electron chi connectivity index (χ4n) is 3.09. The number of hydrogen-bond donors (Lipinski definition) is 2. The van der Waals surface area contributed by atoms with Crippen molar-refractivity contribution in [1.82, 2.24) is 5.32 Å². The first-order valence-corrected chi connectivity index (χ1v) is 11.0. The number of nitrogens with one attached hydrogen (secondary N) is 1. The number of aliphatic carboxylic acids is 1. The van der Waals surface area contributed by atoms with Gasteiger partial charge in [0.25, 0.3) is 0 Å². The van der Waals surface area contributed by atoms with Gasteiger partial charge in [-0.25, -0.2) is 0 Å². The highest BCUT2D eigenvalue weighted by molar-refractivity contribution is 5.75. The molecule has 0 rings (SSSR count). The van der Waals surface area contributed by atoms with Crippen LogP contribution >= 0.6 is 0 Å². The number of carbonyl (C=O) groups is 2. The highest BCUT2D eigenvalue weighted by Crippen LogP contribution is 2.13. The Labute approximate surface area is 161 Å². The molecular weight excluding hydrogens is 326 g/mol. The summed E-state index contributed by atoms with van der Waals surface area (Å²) in [4.78, 5) is 22.0. The van der Waals surface area contributed by atoms with Gasteiger partial charge >= 0.3 is 5.97 Å². The van der Waals surface area contributed by atoms with Crippen molar-refractivity contribution < 1.29 is 14.7 Å². The molecule has 0 atom stereocenters. The van der Waals surface area contributed by atoms with Crippen molar-refractivity contribution in [2.75, 3.05) is 6.54 Å². The van der Waals surface area contributed by atoms with Crippen LogP contribution in [0.15, 0.2) is 0 Å². The van der Waals surface area contributed by atoms with Gasteiger partial charge in [0.2, 0.25) is 5.91 Å². The highest BCUT2D eigenvalue weighted by Gasteiger charge is 2.02. The molecule has 4 heteroatoms. The summed E-state index contributed by atoms with van der Waals surface area (Å²) >= 11 is 0. The number of unbranched alkanes of at least 4 members (excludes halogenated alkanes) is 13. The third kappa shape index (κ3) is 21.0. The maximum atomic E-state index is 11.6. The van der Waals surface area contributed by atoms with Crippen molar-refractivity contribution in [3.63, 3.8) is 0 Å². The van der Waals surface area contributed by atoms with E-state index in [1.54, 1.807) is 0 Å². The molecule has 0 bridgehead atoms. The van der Waals surface area contributed by atoms with Crippen molar-refractivity contribution >= 4 is 11.9 Å². The van der Waals surface area contributed by atoms with E-state index in [0.717, 1.165) is 25.8 Å². The molecule has 154 valence electrons. The summed E-state index contributed by atoms with van der Waals surface area (Å²) in [5.74, 6) is 0.0699. The summed E-state index contributed by atoms with van der Waals surface area (Å²) in [6.07, 6.45) is 18.1. The highest BCUT2D eigenvalue weighted by atomic mass is 16.4. The van der Waals surface area contributed by atoms with Gasteiger partial charge < -0.3 is 10.4 Å². The van der Waals surface area contributed by atoms with E-state index in [4.69, 9.17) is 5.11 Å². The molecule has 2 N–H and O–H groups in total. The summed E-state index contributed by atoms with van der Waals surface area (Å²) in [5.41, 5.74) is 0. The minimum absolute atomic E-state index is 0.209. The van der Waals surface area contributed by atoms with E-state index >= 15 is 0 Å². The van der Waals surface area contributed by atoms with E-state index in [2.05, 4.69) is 19.2 Å². The minimum atomic E-state index is -0.669. The van der Waals surface area contributed by atoms with Crippen LogP contribution in [0.4, 0.5) is 0 Å². The lowest BCUT2D eigenvalue weighted by Crippen LogP contribution is -2.26. The molecule has 0 aliphatic heterocycles. The molecule has 0 saturated heterocycles. The Balaban J connectivity index is 3.11. The molecule has 0 aliphatic rings. The topological polar surface area (TPSA) is 66.4 Å². The van der Waals surface area contributed by atoms with E-state index in [0.29, 0.717) is 18.8 Å². The molecule has 0 aromatic carbocycles. The number of carbonyl (C=O) groups excluding carboxylic acids is 1. The summed E-state index contributed by atoms with van der Waals surface area (Å²) in [7, 11) is 0. The van der Waals surface area contributed by atoms with Gasteiger partial charge in [-0.3, -0.25) is 9.59 Å². The number of rotatable bonds is 19. The zero-order chi connectivity index (χ0) is 19.5. The first-order valence-electron chi connectivity index (χ1n) is 11.0. The number of hydrogen-bond acceptors (Lipinski definition) is 2. The Hall–Kier alpha value is -1.06. The molecular formula is C22H43NO3. The molecule has 0 saturated carbocycles. The van der Waals surface area contributed by atoms with Crippen LogP contribution in [0.25, 0.3) is 0 Å². The summed E-state index contributed by atoms with van der Waals surface area (Å²) in [5, 5.41) is 11.5. The second kappa shape index (κ2) is 18.7. The van der Waals surface area contributed by atoms with Crippen molar-refractivity contribution in [2.45, 2.75) is 117 Å². The van der Waals surface area contributed by atoms with Gasteiger partial charge in [0.15, 0.2) is 0 Å².